The minimum Gasteiger partial charge on any atom is -0.0622 e. The molecule has 16 aromatic rings. The summed E-state index contributed by atoms with van der Waals surface area (Å²) in [4.78, 5) is 0. The average Bonchev–Trinajstić information content (AvgIpc) is 4.10. The third kappa shape index (κ3) is 5.74. The summed E-state index contributed by atoms with van der Waals surface area (Å²) in [5, 5.41) is 23.2. The van der Waals surface area contributed by atoms with Crippen LogP contribution >= 0.6 is 0 Å². The second-order valence-corrected chi connectivity index (χ2v) is 20.0. The molecule has 340 valence electrons. The van der Waals surface area contributed by atoms with Gasteiger partial charge < -0.3 is 0 Å². The lowest BCUT2D eigenvalue weighted by atomic mass is 9.82. The van der Waals surface area contributed by atoms with Crippen molar-refractivity contribution in [2.45, 2.75) is 0 Å². The third-order valence-corrected chi connectivity index (χ3v) is 16.3. The van der Waals surface area contributed by atoms with Crippen molar-refractivity contribution in [1.82, 2.24) is 0 Å². The van der Waals surface area contributed by atoms with Gasteiger partial charge in [-0.15, -0.1) is 0 Å². The number of rotatable bonds is 6. The molecule has 0 spiro atoms. The Bertz CT molecular complexity index is 4900. The van der Waals surface area contributed by atoms with E-state index < -0.39 is 0 Å². The molecule has 0 aliphatic heterocycles. The van der Waals surface area contributed by atoms with Gasteiger partial charge in [0.15, 0.2) is 0 Å². The average molecular weight is 933 g/mol. The molecular weight excluding hydrogens is 889 g/mol. The van der Waals surface area contributed by atoms with Gasteiger partial charge in [-0.25, -0.2) is 0 Å². The molecule has 16 aromatic carbocycles. The summed E-state index contributed by atoms with van der Waals surface area (Å²) in [6, 6.07) is 99.8. The summed E-state index contributed by atoms with van der Waals surface area (Å²) < 4.78 is 0. The van der Waals surface area contributed by atoms with Gasteiger partial charge in [0.05, 0.1) is 0 Å². The zero-order chi connectivity index (χ0) is 48.4. The van der Waals surface area contributed by atoms with Crippen LogP contribution in [0.1, 0.15) is 0 Å². The maximum Gasteiger partial charge on any atom is -0.000696 e. The number of benzene rings is 14. The smallest absolute Gasteiger partial charge is 0.000696 e. The largest absolute Gasteiger partial charge is 0.0622 e. The topological polar surface area (TPSA) is 0 Å². The molecule has 0 saturated carbocycles. The van der Waals surface area contributed by atoms with E-state index >= 15 is 0 Å². The molecule has 0 nitrogen and oxygen atoms in total. The predicted molar refractivity (Wildman–Crippen MR) is 319 cm³/mol. The van der Waals surface area contributed by atoms with Crippen LogP contribution in [0.3, 0.4) is 0 Å². The van der Waals surface area contributed by atoms with E-state index in [0.29, 0.717) is 0 Å². The monoisotopic (exact) mass is 932 g/mol. The number of hydrogen-bond donors (Lipinski definition) is 0. The number of hydrogen-bond acceptors (Lipinski definition) is 0. The predicted octanol–water partition coefficient (Wildman–Crippen LogP) is 20.9. The van der Waals surface area contributed by atoms with Crippen LogP contribution in [0.5, 0.6) is 0 Å². The van der Waals surface area contributed by atoms with Gasteiger partial charge in [-0.3, -0.25) is 0 Å². The first-order valence-electron chi connectivity index (χ1n) is 25.8. The van der Waals surface area contributed by atoms with Crippen molar-refractivity contribution in [3.8, 4) is 66.8 Å². The van der Waals surface area contributed by atoms with E-state index in [1.165, 1.54) is 164 Å². The van der Waals surface area contributed by atoms with E-state index in [1.807, 2.05) is 0 Å². The molecule has 0 radical (unpaired) electrons. The van der Waals surface area contributed by atoms with Crippen molar-refractivity contribution in [3.05, 3.63) is 267 Å². The standard InChI is InChI=1S/C74H44/c1-5-23-45(24-6-1)49-31-13-15-33-51(49)69-55-37-19-20-38-56(55)70(52-34-16-14-32-50(52)46-25-7-2-8-26-46)74-64-44-62-57-39-21-41-59-67(57)63(43-61(62)58-40-22-42-60(68(58)64)72(69)74)73-66(48-29-11-4-12-30-48)54-36-18-17-35-53(54)65(71(59)73)47-27-9-3-10-28-47/h1-44H. The van der Waals surface area contributed by atoms with Crippen LogP contribution in [-0.4, -0.2) is 0 Å². The highest BCUT2D eigenvalue weighted by Crippen LogP contribution is 2.57. The summed E-state index contributed by atoms with van der Waals surface area (Å²) in [5.41, 5.74) is 15.0. The molecule has 0 heterocycles. The van der Waals surface area contributed by atoms with Gasteiger partial charge >= 0.3 is 0 Å². The first-order chi connectivity index (χ1) is 36.8. The molecule has 0 bridgehead atoms. The lowest BCUT2D eigenvalue weighted by molar-refractivity contribution is 1.60. The van der Waals surface area contributed by atoms with Crippen molar-refractivity contribution in [2.24, 2.45) is 0 Å². The second kappa shape index (κ2) is 15.9. The maximum atomic E-state index is 2.59. The van der Waals surface area contributed by atoms with Crippen LogP contribution in [-0.2, 0) is 0 Å². The van der Waals surface area contributed by atoms with Crippen LogP contribution < -0.4 is 0 Å². The second-order valence-electron chi connectivity index (χ2n) is 20.0. The Labute approximate surface area is 428 Å². The Hall–Kier alpha value is -9.62. The molecule has 0 aromatic heterocycles. The lowest BCUT2D eigenvalue weighted by Gasteiger charge is -2.20. The van der Waals surface area contributed by atoms with Gasteiger partial charge in [-0.1, -0.05) is 255 Å². The molecule has 16 rings (SSSR count). The molecule has 0 aliphatic carbocycles. The van der Waals surface area contributed by atoms with Gasteiger partial charge in [-0.2, -0.15) is 0 Å². The van der Waals surface area contributed by atoms with E-state index in [9.17, 15) is 0 Å². The SMILES string of the molecule is c1ccc(-c2ccccc2-c2c3ccccc3c(-c3ccccc3-c3ccccc3)c3c4cc5c(cc6c7c(-c8ccccc8)c8ccccc8c(-c8ccccc8)c7c7cccc5c76)c5cccc(c23)c54)cc1. The molecule has 74 heavy (non-hydrogen) atoms. The quantitative estimate of drug-likeness (QED) is 0.146. The zero-order valence-corrected chi connectivity index (χ0v) is 40.4. The third-order valence-electron chi connectivity index (χ3n) is 16.3. The molecular formula is C74H44. The molecule has 0 N–H and O–H groups in total. The molecule has 0 aliphatic rings. The molecule has 0 amide bonds. The van der Waals surface area contributed by atoms with Gasteiger partial charge in [0, 0.05) is 0 Å². The number of fused-ring (bicyclic) bond motifs is 11. The first-order valence-corrected chi connectivity index (χ1v) is 25.8. The summed E-state index contributed by atoms with van der Waals surface area (Å²) in [5.74, 6) is 0. The van der Waals surface area contributed by atoms with E-state index in [2.05, 4.69) is 267 Å². The maximum absolute atomic E-state index is 2.59. The zero-order valence-electron chi connectivity index (χ0n) is 40.4. The molecule has 0 heteroatoms. The van der Waals surface area contributed by atoms with Gasteiger partial charge in [0.1, 0.15) is 0 Å². The van der Waals surface area contributed by atoms with E-state index in [4.69, 9.17) is 0 Å². The highest BCUT2D eigenvalue weighted by molar-refractivity contribution is 6.47. The normalized spacial score (nSPS) is 12.1. The summed E-state index contributed by atoms with van der Waals surface area (Å²) in [6.45, 7) is 0. The van der Waals surface area contributed by atoms with Crippen LogP contribution in [0.2, 0.25) is 0 Å². The lowest BCUT2D eigenvalue weighted by Crippen LogP contribution is -1.93. The fraction of sp³-hybridized carbons (Fsp3) is 0. The van der Waals surface area contributed by atoms with Crippen LogP contribution in [0.4, 0.5) is 0 Å². The van der Waals surface area contributed by atoms with Crippen molar-refractivity contribution < 1.29 is 0 Å². The van der Waals surface area contributed by atoms with Crippen molar-refractivity contribution in [2.75, 3.05) is 0 Å². The molecule has 0 unspecified atom stereocenters. The van der Waals surface area contributed by atoms with Crippen LogP contribution in [0, 0.1) is 0 Å². The van der Waals surface area contributed by atoms with Crippen LogP contribution in [0.15, 0.2) is 267 Å². The molecule has 0 fully saturated rings. The van der Waals surface area contributed by atoms with Gasteiger partial charge in [0.2, 0.25) is 0 Å². The first kappa shape index (κ1) is 41.0. The van der Waals surface area contributed by atoms with E-state index in [-0.39, 0.29) is 0 Å². The molecule has 0 saturated heterocycles. The van der Waals surface area contributed by atoms with E-state index in [1.54, 1.807) is 0 Å². The van der Waals surface area contributed by atoms with Crippen molar-refractivity contribution in [1.29, 1.82) is 0 Å². The Balaban J connectivity index is 1.14. The van der Waals surface area contributed by atoms with Gasteiger partial charge in [0.25, 0.3) is 0 Å². The van der Waals surface area contributed by atoms with Crippen LogP contribution in [0.25, 0.3) is 164 Å². The fourth-order valence-electron chi connectivity index (χ4n) is 13.4. The summed E-state index contributed by atoms with van der Waals surface area (Å²) in [6.07, 6.45) is 0. The highest BCUT2D eigenvalue weighted by Gasteiger charge is 2.29. The molecule has 0 atom stereocenters. The minimum atomic E-state index is 1.21. The summed E-state index contributed by atoms with van der Waals surface area (Å²) in [7, 11) is 0. The van der Waals surface area contributed by atoms with Gasteiger partial charge in [-0.05, 0) is 176 Å². The summed E-state index contributed by atoms with van der Waals surface area (Å²) >= 11 is 0. The highest BCUT2D eigenvalue weighted by atomic mass is 14.3. The Morgan fingerprint density at radius 2 is 0.405 bits per heavy atom. The Morgan fingerprint density at radius 1 is 0.135 bits per heavy atom. The fourth-order valence-corrected chi connectivity index (χ4v) is 13.4. The van der Waals surface area contributed by atoms with Crippen molar-refractivity contribution >= 4 is 97.0 Å². The van der Waals surface area contributed by atoms with E-state index in [0.717, 1.165) is 0 Å². The minimum absolute atomic E-state index is 1.21. The Kier molecular flexibility index (Phi) is 8.84. The van der Waals surface area contributed by atoms with Crippen molar-refractivity contribution in [3.63, 3.8) is 0 Å². The Morgan fingerprint density at radius 3 is 0.811 bits per heavy atom.